The second-order valence-corrected chi connectivity index (χ2v) is 6.03. The van der Waals surface area contributed by atoms with Crippen LogP contribution in [0.5, 0.6) is 0 Å². The summed E-state index contributed by atoms with van der Waals surface area (Å²) in [4.78, 5) is 12.1. The van der Waals surface area contributed by atoms with Crippen molar-refractivity contribution in [3.05, 3.63) is 29.8 Å². The first-order valence-electron chi connectivity index (χ1n) is 6.45. The summed E-state index contributed by atoms with van der Waals surface area (Å²) in [6, 6.07) is 7.66. The highest BCUT2D eigenvalue weighted by atomic mass is 32.2. The van der Waals surface area contributed by atoms with Crippen LogP contribution < -0.4 is 11.1 Å². The molecule has 3 nitrogen and oxygen atoms in total. The first-order chi connectivity index (χ1) is 8.68. The third kappa shape index (κ3) is 3.19. The topological polar surface area (TPSA) is 55.1 Å². The maximum absolute atomic E-state index is 12.1. The zero-order valence-corrected chi connectivity index (χ0v) is 11.5. The number of anilines is 1. The van der Waals surface area contributed by atoms with E-state index >= 15 is 0 Å². The average molecular weight is 264 g/mol. The molecule has 1 heterocycles. The summed E-state index contributed by atoms with van der Waals surface area (Å²) in [5.74, 6) is 1.25. The number of carbonyl (C=O) groups excluding carboxylic acids is 1. The predicted molar refractivity (Wildman–Crippen MR) is 77.5 cm³/mol. The summed E-state index contributed by atoms with van der Waals surface area (Å²) in [5, 5.41) is 3.18. The minimum atomic E-state index is -0.0266. The van der Waals surface area contributed by atoms with E-state index < -0.39 is 0 Å². The molecule has 2 atom stereocenters. The van der Waals surface area contributed by atoms with Crippen LogP contribution in [0.4, 0.5) is 5.69 Å². The van der Waals surface area contributed by atoms with Crippen molar-refractivity contribution in [1.29, 1.82) is 0 Å². The lowest BCUT2D eigenvalue weighted by Crippen LogP contribution is -2.36. The Morgan fingerprint density at radius 2 is 2.22 bits per heavy atom. The average Bonchev–Trinajstić information content (AvgIpc) is 2.40. The van der Waals surface area contributed by atoms with E-state index in [1.165, 1.54) is 6.42 Å². The van der Waals surface area contributed by atoms with Crippen LogP contribution in [0.2, 0.25) is 0 Å². The lowest BCUT2D eigenvalue weighted by Gasteiger charge is -2.23. The van der Waals surface area contributed by atoms with Gasteiger partial charge in [-0.05, 0) is 37.1 Å². The van der Waals surface area contributed by atoms with Gasteiger partial charge in [0.15, 0.2) is 0 Å². The molecule has 1 aromatic rings. The molecule has 1 amide bonds. The Hall–Kier alpha value is -1.16. The quantitative estimate of drug-likeness (QED) is 0.825. The molecule has 0 bridgehead atoms. The normalized spacial score (nSPS) is 21.3. The van der Waals surface area contributed by atoms with Crippen LogP contribution in [0.1, 0.15) is 37.8 Å². The molecular formula is C14H20N2OS. The van der Waals surface area contributed by atoms with Gasteiger partial charge in [-0.3, -0.25) is 4.79 Å². The van der Waals surface area contributed by atoms with Gasteiger partial charge in [0.05, 0.1) is 11.3 Å². The molecule has 1 saturated heterocycles. The maximum Gasteiger partial charge on any atom is 0.233 e. The molecule has 0 aromatic heterocycles. The lowest BCUT2D eigenvalue weighted by molar-refractivity contribution is -0.121. The number of nitrogens with one attached hydrogen (secondary N) is 1. The summed E-state index contributed by atoms with van der Waals surface area (Å²) >= 11 is 1.77. The summed E-state index contributed by atoms with van der Waals surface area (Å²) in [6.07, 6.45) is 3.38. The highest BCUT2D eigenvalue weighted by Gasteiger charge is 2.23. The Morgan fingerprint density at radius 3 is 2.89 bits per heavy atom. The molecule has 3 N–H and O–H groups in total. The predicted octanol–water partition coefficient (Wildman–Crippen LogP) is 2.73. The number of benzene rings is 1. The Balaban J connectivity index is 1.96. The maximum atomic E-state index is 12.1. The van der Waals surface area contributed by atoms with Crippen LogP contribution in [-0.4, -0.2) is 16.9 Å². The van der Waals surface area contributed by atoms with Crippen LogP contribution in [-0.2, 0) is 4.79 Å². The summed E-state index contributed by atoms with van der Waals surface area (Å²) in [6.45, 7) is 1.98. The monoisotopic (exact) mass is 264 g/mol. The zero-order valence-electron chi connectivity index (χ0n) is 10.7. The molecule has 18 heavy (non-hydrogen) atoms. The largest absolute Gasteiger partial charge is 0.398 e. The minimum absolute atomic E-state index is 0.0266. The number of hydrogen-bond acceptors (Lipinski definition) is 3. The minimum Gasteiger partial charge on any atom is -0.398 e. The fraction of sp³-hybridized carbons (Fsp3) is 0.500. The Labute approximate surface area is 113 Å². The molecule has 1 fully saturated rings. The number of nitrogens with two attached hydrogens (primary N) is 1. The number of hydrogen-bond donors (Lipinski definition) is 2. The lowest BCUT2D eigenvalue weighted by atomic mass is 10.1. The Bertz CT molecular complexity index is 416. The van der Waals surface area contributed by atoms with Crippen LogP contribution in [0.3, 0.4) is 0 Å². The molecule has 1 aliphatic rings. The Kier molecular flexibility index (Phi) is 4.53. The van der Waals surface area contributed by atoms with Crippen LogP contribution in [0.25, 0.3) is 0 Å². The van der Waals surface area contributed by atoms with E-state index in [4.69, 9.17) is 5.73 Å². The van der Waals surface area contributed by atoms with Crippen molar-refractivity contribution in [3.8, 4) is 0 Å². The second-order valence-electron chi connectivity index (χ2n) is 4.71. The van der Waals surface area contributed by atoms with Gasteiger partial charge in [-0.2, -0.15) is 0 Å². The van der Waals surface area contributed by atoms with Crippen molar-refractivity contribution in [1.82, 2.24) is 5.32 Å². The van der Waals surface area contributed by atoms with Crippen molar-refractivity contribution < 1.29 is 4.79 Å². The third-order valence-electron chi connectivity index (χ3n) is 3.29. The van der Waals surface area contributed by atoms with Crippen molar-refractivity contribution in [2.45, 2.75) is 37.5 Å². The highest BCUT2D eigenvalue weighted by molar-refractivity contribution is 8.00. The number of nitrogen functional groups attached to an aromatic ring is 1. The molecule has 1 aliphatic heterocycles. The zero-order chi connectivity index (χ0) is 13.0. The van der Waals surface area contributed by atoms with E-state index in [1.807, 2.05) is 31.2 Å². The van der Waals surface area contributed by atoms with Crippen molar-refractivity contribution >= 4 is 23.4 Å². The third-order valence-corrected chi connectivity index (χ3v) is 4.67. The molecule has 98 valence electrons. The van der Waals surface area contributed by atoms with Gasteiger partial charge >= 0.3 is 0 Å². The molecule has 1 aromatic carbocycles. The molecule has 2 rings (SSSR count). The summed E-state index contributed by atoms with van der Waals surface area (Å²) in [5.41, 5.74) is 7.65. The molecule has 0 spiro atoms. The van der Waals surface area contributed by atoms with E-state index in [1.54, 1.807) is 11.8 Å². The van der Waals surface area contributed by atoms with Gasteiger partial charge in [-0.15, -0.1) is 11.8 Å². The van der Waals surface area contributed by atoms with E-state index in [2.05, 4.69) is 5.32 Å². The van der Waals surface area contributed by atoms with E-state index in [0.717, 1.165) is 29.8 Å². The second kappa shape index (κ2) is 6.14. The SMILES string of the molecule is CC(NC(=O)C1CCCCS1)c1ccccc1N. The molecule has 2 unspecified atom stereocenters. The molecule has 0 saturated carbocycles. The fourth-order valence-electron chi connectivity index (χ4n) is 2.24. The van der Waals surface area contributed by atoms with Gasteiger partial charge in [0, 0.05) is 5.69 Å². The number of amides is 1. The van der Waals surface area contributed by atoms with E-state index in [0.29, 0.717) is 0 Å². The molecule has 0 radical (unpaired) electrons. The van der Waals surface area contributed by atoms with Gasteiger partial charge in [0.2, 0.25) is 5.91 Å². The standard InChI is InChI=1S/C14H20N2OS/c1-10(11-6-2-3-7-12(11)15)16-14(17)13-8-4-5-9-18-13/h2-3,6-7,10,13H,4-5,8-9,15H2,1H3,(H,16,17). The number of rotatable bonds is 3. The van der Waals surface area contributed by atoms with Crippen molar-refractivity contribution in [2.75, 3.05) is 11.5 Å². The first kappa shape index (κ1) is 13.3. The van der Waals surface area contributed by atoms with Crippen LogP contribution in [0.15, 0.2) is 24.3 Å². The number of carbonyl (C=O) groups is 1. The van der Waals surface area contributed by atoms with Crippen molar-refractivity contribution in [3.63, 3.8) is 0 Å². The first-order valence-corrected chi connectivity index (χ1v) is 7.49. The molecule has 0 aliphatic carbocycles. The number of thioether (sulfide) groups is 1. The van der Waals surface area contributed by atoms with Crippen LogP contribution >= 0.6 is 11.8 Å². The van der Waals surface area contributed by atoms with Gasteiger partial charge in [0.25, 0.3) is 0 Å². The van der Waals surface area contributed by atoms with Gasteiger partial charge in [-0.1, -0.05) is 24.6 Å². The molecule has 4 heteroatoms. The van der Waals surface area contributed by atoms with Crippen molar-refractivity contribution in [2.24, 2.45) is 0 Å². The van der Waals surface area contributed by atoms with E-state index in [-0.39, 0.29) is 17.2 Å². The molecular weight excluding hydrogens is 244 g/mol. The number of para-hydroxylation sites is 1. The van der Waals surface area contributed by atoms with Gasteiger partial charge < -0.3 is 11.1 Å². The van der Waals surface area contributed by atoms with Gasteiger partial charge in [0.1, 0.15) is 0 Å². The fourth-order valence-corrected chi connectivity index (χ4v) is 3.44. The summed E-state index contributed by atoms with van der Waals surface area (Å²) in [7, 11) is 0. The smallest absolute Gasteiger partial charge is 0.233 e. The summed E-state index contributed by atoms with van der Waals surface area (Å²) < 4.78 is 0. The van der Waals surface area contributed by atoms with Crippen LogP contribution in [0, 0.1) is 0 Å². The Morgan fingerprint density at radius 1 is 1.44 bits per heavy atom. The van der Waals surface area contributed by atoms with E-state index in [9.17, 15) is 4.79 Å². The highest BCUT2D eigenvalue weighted by Crippen LogP contribution is 2.26. The van der Waals surface area contributed by atoms with Gasteiger partial charge in [-0.25, -0.2) is 0 Å².